The Labute approximate surface area is 135 Å². The molecule has 0 aromatic carbocycles. The van der Waals surface area contributed by atoms with Crippen molar-refractivity contribution in [2.24, 2.45) is 5.14 Å². The fourth-order valence-electron chi connectivity index (χ4n) is 1.29. The third-order valence-corrected chi connectivity index (χ3v) is 6.55. The predicted octanol–water partition coefficient (Wildman–Crippen LogP) is 0.612. The molecule has 0 spiro atoms. The zero-order valence-electron chi connectivity index (χ0n) is 21.9. The minimum Gasteiger partial charge on any atom is -0.310 e. The largest absolute Gasteiger partial charge is 0.310 e. The Hall–Kier alpha value is -0.480. The number of sulfonamides is 1. The van der Waals surface area contributed by atoms with Gasteiger partial charge in [-0.15, -0.1) is 11.3 Å². The van der Waals surface area contributed by atoms with E-state index in [2.05, 4.69) is 0 Å². The van der Waals surface area contributed by atoms with Crippen LogP contribution in [0.5, 0.6) is 0 Å². The molecule has 19 heavy (non-hydrogen) atoms. The molecule has 6 nitrogen and oxygen atoms in total. The Morgan fingerprint density at radius 2 is 2.58 bits per heavy atom. The Morgan fingerprint density at radius 1 is 1.84 bits per heavy atom. The number of thiophene rings is 1. The van der Waals surface area contributed by atoms with Gasteiger partial charge in [0.25, 0.3) is 0 Å². The Balaban J connectivity index is 3.18. The number of sulfone groups is 1. The third-order valence-electron chi connectivity index (χ3n) is 2.06. The van der Waals surface area contributed by atoms with E-state index in [0.29, 0.717) is 0 Å². The predicted molar refractivity (Wildman–Crippen MR) is 73.4 cm³/mol. The van der Waals surface area contributed by atoms with Crippen molar-refractivity contribution < 1.29 is 34.7 Å². The van der Waals surface area contributed by atoms with E-state index in [9.17, 15) is 16.8 Å². The quantitative estimate of drug-likeness (QED) is 0.840. The average molecular weight is 338 g/mol. The normalized spacial score (nSPS) is 48.6. The van der Waals surface area contributed by atoms with Crippen LogP contribution in [0.3, 0.4) is 0 Å². The van der Waals surface area contributed by atoms with Crippen molar-refractivity contribution in [1.29, 1.82) is 0 Å². The van der Waals surface area contributed by atoms with Gasteiger partial charge >= 0.3 is 0 Å². The minimum atomic E-state index is -5.69. The molecular formula is C10H16N2O4S3. The molecule has 1 aliphatic heterocycles. The molecule has 0 fully saturated rings. The molecule has 2 rings (SSSR count). The second-order valence-electron chi connectivity index (χ2n) is 3.30. The van der Waals surface area contributed by atoms with E-state index >= 15 is 0 Å². The second-order valence-corrected chi connectivity index (χ2v) is 8.16. The summed E-state index contributed by atoms with van der Waals surface area (Å²) < 4.78 is 148. The third kappa shape index (κ3) is 2.57. The Bertz CT molecular complexity index is 1170. The van der Waals surface area contributed by atoms with Gasteiger partial charge in [-0.05, 0) is 25.8 Å². The monoisotopic (exact) mass is 337 g/mol. The highest BCUT2D eigenvalue weighted by atomic mass is 32.3. The topological polar surface area (TPSA) is 106 Å². The standard InChI is InChI=1S/C10H16N2O4S3/c1-3-12-8-4-6(2)18(13,14)10-7(8)5-9(17-10)19(11,15)16/h5-6,8,12H,3-4H2,1-2H3,(H2,11,15,16)/t6-,8-/m0/s1/i1D3,2D3,3D2,4D2,5D,6D,8D. The summed E-state index contributed by atoms with van der Waals surface area (Å²) in [6.45, 7) is -11.4. The smallest absolute Gasteiger partial charge is 0.247 e. The van der Waals surface area contributed by atoms with Crippen molar-refractivity contribution in [1.82, 2.24) is 5.32 Å². The minimum absolute atomic E-state index is 0.317. The van der Waals surface area contributed by atoms with Gasteiger partial charge in [0.15, 0.2) is 9.84 Å². The summed E-state index contributed by atoms with van der Waals surface area (Å²) >= 11 is -0.317. The van der Waals surface area contributed by atoms with Crippen molar-refractivity contribution in [3.8, 4) is 0 Å². The molecule has 0 aliphatic carbocycles. The summed E-state index contributed by atoms with van der Waals surface area (Å²) in [5.41, 5.74) is -1.38. The molecule has 3 N–H and O–H groups in total. The molecule has 108 valence electrons. The molecule has 0 amide bonds. The van der Waals surface area contributed by atoms with Crippen molar-refractivity contribution >= 4 is 31.2 Å². The summed E-state index contributed by atoms with van der Waals surface area (Å²) in [6, 6.07) is -5.13. The number of hydrogen-bond donors (Lipinski definition) is 2. The van der Waals surface area contributed by atoms with Crippen LogP contribution in [0.1, 0.15) is 49.5 Å². The number of hydrogen-bond acceptors (Lipinski definition) is 6. The first-order valence-corrected chi connectivity index (χ1v) is 8.27. The van der Waals surface area contributed by atoms with Crippen LogP contribution in [0.2, 0.25) is 0 Å². The van der Waals surface area contributed by atoms with Gasteiger partial charge in [-0.3, -0.25) is 0 Å². The van der Waals surface area contributed by atoms with Gasteiger partial charge in [0.05, 0.1) is 7.97 Å². The van der Waals surface area contributed by atoms with Gasteiger partial charge in [-0.25, -0.2) is 22.0 Å². The molecule has 0 saturated heterocycles. The lowest BCUT2D eigenvalue weighted by Gasteiger charge is -2.27. The molecule has 1 aromatic heterocycles. The van der Waals surface area contributed by atoms with Crippen LogP contribution in [0.4, 0.5) is 0 Å². The molecular weight excluding hydrogens is 308 g/mol. The van der Waals surface area contributed by atoms with Gasteiger partial charge in [-0.2, -0.15) is 0 Å². The first-order chi connectivity index (χ1) is 13.7. The van der Waals surface area contributed by atoms with Gasteiger partial charge in [-0.1, -0.05) is 6.85 Å². The lowest BCUT2D eigenvalue weighted by molar-refractivity contribution is 0.477. The highest BCUT2D eigenvalue weighted by Crippen LogP contribution is 2.42. The summed E-state index contributed by atoms with van der Waals surface area (Å²) in [4.78, 5) is 0. The van der Waals surface area contributed by atoms with Crippen LogP contribution in [0.25, 0.3) is 0 Å². The maximum atomic E-state index is 13.1. The zero-order chi connectivity index (χ0) is 25.7. The number of primary sulfonamides is 1. The lowest BCUT2D eigenvalue weighted by Crippen LogP contribution is -2.33. The van der Waals surface area contributed by atoms with Crippen molar-refractivity contribution in [3.05, 3.63) is 11.6 Å². The van der Waals surface area contributed by atoms with Crippen LogP contribution < -0.4 is 10.5 Å². The van der Waals surface area contributed by atoms with Crippen LogP contribution in [0, 0.1) is 0 Å². The van der Waals surface area contributed by atoms with E-state index in [0.717, 1.165) is 0 Å². The van der Waals surface area contributed by atoms with E-state index in [1.807, 2.05) is 0 Å². The molecule has 1 aliphatic rings. The molecule has 9 heteroatoms. The first-order valence-electron chi connectivity index (χ1n) is 10.9. The van der Waals surface area contributed by atoms with Crippen molar-refractivity contribution in [2.75, 3.05) is 6.50 Å². The Morgan fingerprint density at radius 3 is 3.16 bits per heavy atom. The molecule has 0 bridgehead atoms. The van der Waals surface area contributed by atoms with E-state index in [1.165, 1.54) is 5.32 Å². The SMILES string of the molecule is [2H]c1c(S(N)(=O)=O)sc2c1[C@@]([2H])(NC([2H])([2H])C([2H])([2H])[2H])C([2H])([2H])[C@]([2H])(C([2H])([2H])[2H])S2(=O)=O. The highest BCUT2D eigenvalue weighted by Gasteiger charge is 2.39. The van der Waals surface area contributed by atoms with Crippen molar-refractivity contribution in [3.63, 3.8) is 0 Å². The van der Waals surface area contributed by atoms with Gasteiger partial charge < -0.3 is 5.32 Å². The number of fused-ring (bicyclic) bond motifs is 1. The van der Waals surface area contributed by atoms with Gasteiger partial charge in [0.1, 0.15) is 8.42 Å². The fraction of sp³-hybridized carbons (Fsp3) is 0.600. The number of nitrogens with one attached hydrogen (secondary N) is 1. The molecule has 2 atom stereocenters. The summed E-state index contributed by atoms with van der Waals surface area (Å²) in [5, 5.41) is 2.10. The zero-order valence-corrected chi connectivity index (χ0v) is 11.4. The van der Waals surface area contributed by atoms with E-state index in [1.54, 1.807) is 0 Å². The maximum absolute atomic E-state index is 13.1. The first kappa shape index (κ1) is 5.38. The highest BCUT2D eigenvalue weighted by molar-refractivity contribution is 7.95. The summed E-state index contributed by atoms with van der Waals surface area (Å²) in [7, 11) is -10.6. The molecule has 1 aromatic rings. The van der Waals surface area contributed by atoms with E-state index < -0.39 is 77.7 Å². The maximum Gasteiger partial charge on any atom is 0.247 e. The van der Waals surface area contributed by atoms with Crippen molar-refractivity contribution in [2.45, 2.75) is 39.7 Å². The number of rotatable bonds is 3. The van der Waals surface area contributed by atoms with Gasteiger partial charge in [0, 0.05) is 26.7 Å². The van der Waals surface area contributed by atoms with Crippen LogP contribution in [-0.2, 0) is 19.9 Å². The molecule has 0 unspecified atom stereocenters. The summed E-state index contributed by atoms with van der Waals surface area (Å²) in [6.07, 6.45) is -4.16. The number of nitrogens with two attached hydrogens (primary N) is 1. The van der Waals surface area contributed by atoms with Crippen LogP contribution in [-0.4, -0.2) is 28.6 Å². The lowest BCUT2D eigenvalue weighted by atomic mass is 10.1. The molecule has 2 heterocycles. The Kier molecular flexibility index (Phi) is 1.36. The fourth-order valence-corrected chi connectivity index (χ4v) is 4.77. The molecule has 0 radical (unpaired) electrons. The average Bonchev–Trinajstić information content (AvgIpc) is 2.88. The van der Waals surface area contributed by atoms with E-state index in [-0.39, 0.29) is 11.3 Å². The van der Waals surface area contributed by atoms with E-state index in [4.69, 9.17) is 23.0 Å². The van der Waals surface area contributed by atoms with Crippen LogP contribution >= 0.6 is 11.3 Å². The molecule has 0 saturated carbocycles. The second kappa shape index (κ2) is 4.81. The summed E-state index contributed by atoms with van der Waals surface area (Å²) in [5.74, 6) is 0. The van der Waals surface area contributed by atoms with Crippen LogP contribution in [0.15, 0.2) is 14.5 Å². The van der Waals surface area contributed by atoms with Gasteiger partial charge in [0.2, 0.25) is 10.0 Å².